The van der Waals surface area contributed by atoms with Gasteiger partial charge in [-0.3, -0.25) is 9.59 Å². The molecule has 0 radical (unpaired) electrons. The van der Waals surface area contributed by atoms with Crippen LogP contribution in [0.15, 0.2) is 59.1 Å². The van der Waals surface area contributed by atoms with E-state index in [0.717, 1.165) is 15.8 Å². The molecule has 0 aliphatic carbocycles. The molecule has 2 aromatic carbocycles. The van der Waals surface area contributed by atoms with E-state index in [1.54, 1.807) is 55.5 Å². The van der Waals surface area contributed by atoms with Gasteiger partial charge < -0.3 is 15.7 Å². The van der Waals surface area contributed by atoms with Crippen molar-refractivity contribution in [1.82, 2.24) is 0 Å². The summed E-state index contributed by atoms with van der Waals surface area (Å²) in [5.41, 5.74) is 1.18. The number of halogens is 1. The van der Waals surface area contributed by atoms with Gasteiger partial charge in [0.1, 0.15) is 5.00 Å². The van der Waals surface area contributed by atoms with Crippen LogP contribution in [0.4, 0.5) is 10.7 Å². The summed E-state index contributed by atoms with van der Waals surface area (Å²) in [6, 6.07) is 15.5. The molecule has 8 heteroatoms. The van der Waals surface area contributed by atoms with E-state index in [1.165, 1.54) is 0 Å². The molecule has 0 saturated carbocycles. The van der Waals surface area contributed by atoms with Crippen molar-refractivity contribution in [3.05, 3.63) is 80.6 Å². The number of amides is 2. The highest BCUT2D eigenvalue weighted by atomic mass is 79.9. The predicted molar refractivity (Wildman–Crippen MR) is 113 cm³/mol. The van der Waals surface area contributed by atoms with E-state index in [-0.39, 0.29) is 15.4 Å². The predicted octanol–water partition coefficient (Wildman–Crippen LogP) is 5.02. The van der Waals surface area contributed by atoms with Crippen molar-refractivity contribution in [2.24, 2.45) is 0 Å². The highest BCUT2D eigenvalue weighted by Crippen LogP contribution is 2.34. The van der Waals surface area contributed by atoms with Gasteiger partial charge in [-0.05, 0) is 48.9 Å². The fourth-order valence-corrected chi connectivity index (χ4v) is 3.92. The number of carbonyl (C=O) groups excluding carboxylic acids is 2. The molecule has 6 nitrogen and oxygen atoms in total. The molecule has 0 aliphatic heterocycles. The van der Waals surface area contributed by atoms with Gasteiger partial charge in [-0.25, -0.2) is 4.79 Å². The standard InChI is InChI=1S/C20H15BrN2O4S/c1-11-15(20(26)27)19(23-17(24)12-7-9-13(21)10-8-12)28-16(11)18(25)22-14-5-3-2-4-6-14/h2-10H,1H3,(H,22,25)(H,23,24)(H,26,27). The highest BCUT2D eigenvalue weighted by Gasteiger charge is 2.25. The quantitative estimate of drug-likeness (QED) is 0.499. The first-order chi connectivity index (χ1) is 13.4. The largest absolute Gasteiger partial charge is 0.478 e. The van der Waals surface area contributed by atoms with E-state index in [1.807, 2.05) is 6.07 Å². The molecule has 142 valence electrons. The Morgan fingerprint density at radius 1 is 0.929 bits per heavy atom. The summed E-state index contributed by atoms with van der Waals surface area (Å²) in [7, 11) is 0. The Hall–Kier alpha value is -2.97. The van der Waals surface area contributed by atoms with E-state index in [9.17, 15) is 19.5 Å². The molecule has 0 spiro atoms. The molecular weight excluding hydrogens is 444 g/mol. The van der Waals surface area contributed by atoms with Crippen LogP contribution in [0.3, 0.4) is 0 Å². The summed E-state index contributed by atoms with van der Waals surface area (Å²) < 4.78 is 0.821. The van der Waals surface area contributed by atoms with Gasteiger partial charge in [0.15, 0.2) is 0 Å². The lowest BCUT2D eigenvalue weighted by atomic mass is 10.1. The molecule has 1 aromatic heterocycles. The maximum Gasteiger partial charge on any atom is 0.339 e. The Kier molecular flexibility index (Phi) is 5.91. The van der Waals surface area contributed by atoms with Crippen LogP contribution in [-0.2, 0) is 0 Å². The smallest absolute Gasteiger partial charge is 0.339 e. The van der Waals surface area contributed by atoms with Crippen molar-refractivity contribution in [2.75, 3.05) is 10.6 Å². The van der Waals surface area contributed by atoms with Crippen molar-refractivity contribution in [3.63, 3.8) is 0 Å². The fraction of sp³-hybridized carbons (Fsp3) is 0.0500. The molecule has 28 heavy (non-hydrogen) atoms. The Labute approximate surface area is 173 Å². The van der Waals surface area contributed by atoms with Gasteiger partial charge in [0.05, 0.1) is 10.4 Å². The van der Waals surface area contributed by atoms with E-state index in [0.29, 0.717) is 16.8 Å². The number of thiophene rings is 1. The minimum absolute atomic E-state index is 0.0892. The second kappa shape index (κ2) is 8.37. The van der Waals surface area contributed by atoms with Crippen molar-refractivity contribution >= 4 is 55.7 Å². The molecule has 2 amide bonds. The molecule has 3 aromatic rings. The number of carboxylic acid groups (broad SMARTS) is 1. The minimum atomic E-state index is -1.21. The van der Waals surface area contributed by atoms with E-state index >= 15 is 0 Å². The average molecular weight is 459 g/mol. The molecule has 3 rings (SSSR count). The van der Waals surface area contributed by atoms with Crippen LogP contribution in [0.25, 0.3) is 0 Å². The number of nitrogens with one attached hydrogen (secondary N) is 2. The second-order valence-corrected chi connectivity index (χ2v) is 7.78. The first-order valence-electron chi connectivity index (χ1n) is 8.17. The molecule has 0 unspecified atom stereocenters. The lowest BCUT2D eigenvalue weighted by Crippen LogP contribution is -2.13. The summed E-state index contributed by atoms with van der Waals surface area (Å²) in [6.07, 6.45) is 0. The Morgan fingerprint density at radius 2 is 1.57 bits per heavy atom. The third-order valence-corrected chi connectivity index (χ3v) is 5.67. The lowest BCUT2D eigenvalue weighted by Gasteiger charge is -2.04. The van der Waals surface area contributed by atoms with Gasteiger partial charge in [-0.15, -0.1) is 11.3 Å². The van der Waals surface area contributed by atoms with Crippen LogP contribution >= 0.6 is 27.3 Å². The molecule has 3 N–H and O–H groups in total. The average Bonchev–Trinajstić information content (AvgIpc) is 2.99. The molecular formula is C20H15BrN2O4S. The van der Waals surface area contributed by atoms with Gasteiger partial charge in [0, 0.05) is 15.7 Å². The van der Waals surface area contributed by atoms with Crippen LogP contribution in [0, 0.1) is 6.92 Å². The number of carboxylic acids is 1. The fourth-order valence-electron chi connectivity index (χ4n) is 2.56. The van der Waals surface area contributed by atoms with Crippen LogP contribution in [0.2, 0.25) is 0 Å². The zero-order chi connectivity index (χ0) is 20.3. The zero-order valence-corrected chi connectivity index (χ0v) is 17.1. The zero-order valence-electron chi connectivity index (χ0n) is 14.7. The molecule has 0 bridgehead atoms. The molecule has 0 saturated heterocycles. The Balaban J connectivity index is 1.90. The lowest BCUT2D eigenvalue weighted by molar-refractivity contribution is 0.0697. The number of rotatable bonds is 5. The van der Waals surface area contributed by atoms with Crippen molar-refractivity contribution in [1.29, 1.82) is 0 Å². The third-order valence-electron chi connectivity index (χ3n) is 3.93. The highest BCUT2D eigenvalue weighted by molar-refractivity contribution is 9.10. The molecule has 0 atom stereocenters. The molecule has 0 fully saturated rings. The third kappa shape index (κ3) is 4.29. The van der Waals surface area contributed by atoms with Crippen molar-refractivity contribution in [3.8, 4) is 0 Å². The summed E-state index contributed by atoms with van der Waals surface area (Å²) >= 11 is 4.23. The van der Waals surface area contributed by atoms with Crippen LogP contribution < -0.4 is 10.6 Å². The number of hydrogen-bond donors (Lipinski definition) is 3. The molecule has 1 heterocycles. The molecule has 0 aliphatic rings. The summed E-state index contributed by atoms with van der Waals surface area (Å²) in [5.74, 6) is -2.09. The normalized spacial score (nSPS) is 10.4. The number of carbonyl (C=O) groups is 3. The number of aromatic carboxylic acids is 1. The van der Waals surface area contributed by atoms with E-state index in [4.69, 9.17) is 0 Å². The van der Waals surface area contributed by atoms with Crippen LogP contribution in [-0.4, -0.2) is 22.9 Å². The maximum atomic E-state index is 12.6. The summed E-state index contributed by atoms with van der Waals surface area (Å²) in [6.45, 7) is 1.55. The SMILES string of the molecule is Cc1c(C(=O)Nc2ccccc2)sc(NC(=O)c2ccc(Br)cc2)c1C(=O)O. The maximum absolute atomic E-state index is 12.6. The number of hydrogen-bond acceptors (Lipinski definition) is 4. The number of anilines is 2. The number of para-hydroxylation sites is 1. The van der Waals surface area contributed by atoms with Gasteiger partial charge in [-0.1, -0.05) is 34.1 Å². The van der Waals surface area contributed by atoms with E-state index < -0.39 is 17.8 Å². The van der Waals surface area contributed by atoms with Crippen molar-refractivity contribution < 1.29 is 19.5 Å². The number of benzene rings is 2. The second-order valence-electron chi connectivity index (χ2n) is 5.85. The van der Waals surface area contributed by atoms with Crippen LogP contribution in [0.1, 0.15) is 36.0 Å². The Bertz CT molecular complexity index is 1050. The van der Waals surface area contributed by atoms with Gasteiger partial charge >= 0.3 is 5.97 Å². The van der Waals surface area contributed by atoms with Gasteiger partial charge in [-0.2, -0.15) is 0 Å². The monoisotopic (exact) mass is 458 g/mol. The first-order valence-corrected chi connectivity index (χ1v) is 9.77. The van der Waals surface area contributed by atoms with Crippen molar-refractivity contribution in [2.45, 2.75) is 6.92 Å². The topological polar surface area (TPSA) is 95.5 Å². The Morgan fingerprint density at radius 3 is 2.18 bits per heavy atom. The van der Waals surface area contributed by atoms with Gasteiger partial charge in [0.25, 0.3) is 11.8 Å². The first kappa shape index (κ1) is 19.8. The van der Waals surface area contributed by atoms with Crippen LogP contribution in [0.5, 0.6) is 0 Å². The van der Waals surface area contributed by atoms with Gasteiger partial charge in [0.2, 0.25) is 0 Å². The van der Waals surface area contributed by atoms with E-state index in [2.05, 4.69) is 26.6 Å². The summed E-state index contributed by atoms with van der Waals surface area (Å²) in [5, 5.41) is 15.0. The minimum Gasteiger partial charge on any atom is -0.478 e. The summed E-state index contributed by atoms with van der Waals surface area (Å²) in [4.78, 5) is 37.0.